The number of hydrogen-bond donors (Lipinski definition) is 2. The third kappa shape index (κ3) is 3.18. The Kier molecular flexibility index (Phi) is 4.89. The van der Waals surface area contributed by atoms with E-state index in [9.17, 15) is 14.4 Å². The first-order valence-corrected chi connectivity index (χ1v) is 10.4. The summed E-state index contributed by atoms with van der Waals surface area (Å²) < 4.78 is 0. The Morgan fingerprint density at radius 3 is 2.82 bits per heavy atom. The van der Waals surface area contributed by atoms with Crippen LogP contribution < -0.4 is 10.6 Å². The molecule has 2 heterocycles. The molecule has 0 saturated carbocycles. The molecule has 1 aromatic carbocycles. The highest BCUT2D eigenvalue weighted by Gasteiger charge is 2.54. The standard InChI is InChI=1S/C20H20ClN3O3S/c1-12(13-4-6-14(21)7-5-13)22-17(25)11-24-18(26)20(23-19(24)27)9-2-3-16-15(20)8-10-28-16/h4-8,10,12H,2-3,9,11H2,1H3,(H,22,25)(H,23,27)/t12-,20+/m0/s1. The van der Waals surface area contributed by atoms with Gasteiger partial charge in [0.15, 0.2) is 0 Å². The summed E-state index contributed by atoms with van der Waals surface area (Å²) in [5.41, 5.74) is 0.744. The quantitative estimate of drug-likeness (QED) is 0.748. The van der Waals surface area contributed by atoms with Gasteiger partial charge in [0.2, 0.25) is 5.91 Å². The molecule has 8 heteroatoms. The number of hydrogen-bond acceptors (Lipinski definition) is 4. The SMILES string of the molecule is C[C@H](NC(=O)CN1C(=O)N[C@@]2(CCCc3sccc32)C1=O)c1ccc(Cl)cc1. The van der Waals surface area contributed by atoms with Gasteiger partial charge < -0.3 is 10.6 Å². The molecule has 146 valence electrons. The van der Waals surface area contributed by atoms with Crippen LogP contribution in [0.5, 0.6) is 0 Å². The van der Waals surface area contributed by atoms with Crippen LogP contribution in [-0.2, 0) is 21.5 Å². The number of thiophene rings is 1. The first kappa shape index (κ1) is 19.0. The third-order valence-corrected chi connectivity index (χ3v) is 6.62. The number of nitrogens with zero attached hydrogens (tertiary/aromatic N) is 1. The summed E-state index contributed by atoms with van der Waals surface area (Å²) >= 11 is 7.49. The highest BCUT2D eigenvalue weighted by Crippen LogP contribution is 2.42. The number of imide groups is 1. The smallest absolute Gasteiger partial charge is 0.325 e. The van der Waals surface area contributed by atoms with Crippen molar-refractivity contribution in [3.05, 3.63) is 56.7 Å². The summed E-state index contributed by atoms with van der Waals surface area (Å²) in [6.07, 6.45) is 2.30. The van der Waals surface area contributed by atoms with E-state index < -0.39 is 11.6 Å². The number of benzene rings is 1. The van der Waals surface area contributed by atoms with Crippen LogP contribution in [0.25, 0.3) is 0 Å². The van der Waals surface area contributed by atoms with Crippen LogP contribution in [0.15, 0.2) is 35.7 Å². The molecule has 0 bridgehead atoms. The van der Waals surface area contributed by atoms with E-state index in [4.69, 9.17) is 11.6 Å². The molecule has 6 nitrogen and oxygen atoms in total. The van der Waals surface area contributed by atoms with Gasteiger partial charge in [-0.1, -0.05) is 23.7 Å². The number of rotatable bonds is 4. The van der Waals surface area contributed by atoms with E-state index in [-0.39, 0.29) is 24.4 Å². The maximum Gasteiger partial charge on any atom is 0.325 e. The van der Waals surface area contributed by atoms with Crippen molar-refractivity contribution in [1.82, 2.24) is 15.5 Å². The molecule has 4 rings (SSSR count). The fourth-order valence-electron chi connectivity index (χ4n) is 3.95. The van der Waals surface area contributed by atoms with E-state index in [0.29, 0.717) is 11.4 Å². The molecule has 2 aromatic rings. The molecule has 4 amide bonds. The Morgan fingerprint density at radius 2 is 2.07 bits per heavy atom. The van der Waals surface area contributed by atoms with Gasteiger partial charge in [0, 0.05) is 15.5 Å². The lowest BCUT2D eigenvalue weighted by molar-refractivity contribution is -0.135. The van der Waals surface area contributed by atoms with Crippen molar-refractivity contribution in [2.75, 3.05) is 6.54 Å². The number of amides is 4. The Labute approximate surface area is 171 Å². The highest BCUT2D eigenvalue weighted by atomic mass is 35.5. The Bertz CT molecular complexity index is 942. The van der Waals surface area contributed by atoms with E-state index in [1.165, 1.54) is 0 Å². The molecule has 1 saturated heterocycles. The summed E-state index contributed by atoms with van der Waals surface area (Å²) in [4.78, 5) is 40.3. The molecule has 1 aromatic heterocycles. The van der Waals surface area contributed by atoms with Crippen molar-refractivity contribution >= 4 is 40.8 Å². The lowest BCUT2D eigenvalue weighted by atomic mass is 9.80. The zero-order valence-electron chi connectivity index (χ0n) is 15.3. The molecule has 0 unspecified atom stereocenters. The monoisotopic (exact) mass is 417 g/mol. The topological polar surface area (TPSA) is 78.5 Å². The molecule has 1 aliphatic heterocycles. The minimum Gasteiger partial charge on any atom is -0.348 e. The van der Waals surface area contributed by atoms with Crippen LogP contribution >= 0.6 is 22.9 Å². The van der Waals surface area contributed by atoms with Crippen molar-refractivity contribution in [2.45, 2.75) is 37.8 Å². The molecule has 1 fully saturated rings. The van der Waals surface area contributed by atoms with E-state index in [1.54, 1.807) is 23.5 Å². The summed E-state index contributed by atoms with van der Waals surface area (Å²) in [7, 11) is 0. The van der Waals surface area contributed by atoms with Crippen molar-refractivity contribution in [3.8, 4) is 0 Å². The predicted molar refractivity (Wildman–Crippen MR) is 107 cm³/mol. The average Bonchev–Trinajstić information content (AvgIpc) is 3.23. The minimum absolute atomic E-state index is 0.266. The normalized spacial score (nSPS) is 22.1. The summed E-state index contributed by atoms with van der Waals surface area (Å²) in [5.74, 6) is -0.726. The summed E-state index contributed by atoms with van der Waals surface area (Å²) in [6.45, 7) is 1.54. The van der Waals surface area contributed by atoms with Gasteiger partial charge >= 0.3 is 6.03 Å². The number of aryl methyl sites for hydroxylation is 1. The minimum atomic E-state index is -1.02. The van der Waals surface area contributed by atoms with Crippen molar-refractivity contribution in [3.63, 3.8) is 0 Å². The maximum absolute atomic E-state index is 13.1. The number of fused-ring (bicyclic) bond motifs is 2. The number of urea groups is 1. The zero-order chi connectivity index (χ0) is 19.9. The molecule has 2 aliphatic rings. The maximum atomic E-state index is 13.1. The number of halogens is 1. The van der Waals surface area contributed by atoms with Crippen molar-refractivity contribution in [1.29, 1.82) is 0 Å². The lowest BCUT2D eigenvalue weighted by Gasteiger charge is -2.31. The number of carbonyl (C=O) groups excluding carboxylic acids is 3. The van der Waals surface area contributed by atoms with Gasteiger partial charge in [-0.25, -0.2) is 4.79 Å². The van der Waals surface area contributed by atoms with Crippen LogP contribution in [0, 0.1) is 0 Å². The molecular weight excluding hydrogens is 398 g/mol. The predicted octanol–water partition coefficient (Wildman–Crippen LogP) is 3.36. The van der Waals surface area contributed by atoms with Gasteiger partial charge in [-0.3, -0.25) is 14.5 Å². The second-order valence-electron chi connectivity index (χ2n) is 7.18. The summed E-state index contributed by atoms with van der Waals surface area (Å²) in [6, 6.07) is 8.29. The number of carbonyl (C=O) groups is 3. The zero-order valence-corrected chi connectivity index (χ0v) is 16.9. The highest BCUT2D eigenvalue weighted by molar-refractivity contribution is 7.10. The van der Waals surface area contributed by atoms with Crippen LogP contribution in [0.2, 0.25) is 5.02 Å². The van der Waals surface area contributed by atoms with E-state index >= 15 is 0 Å². The lowest BCUT2D eigenvalue weighted by Crippen LogP contribution is -2.47. The second kappa shape index (κ2) is 7.22. The molecule has 28 heavy (non-hydrogen) atoms. The average molecular weight is 418 g/mol. The van der Waals surface area contributed by atoms with Gasteiger partial charge in [-0.2, -0.15) is 0 Å². The fraction of sp³-hybridized carbons (Fsp3) is 0.350. The molecular formula is C20H20ClN3O3S. The second-order valence-corrected chi connectivity index (χ2v) is 8.62. The van der Waals surface area contributed by atoms with Gasteiger partial charge in [-0.15, -0.1) is 11.3 Å². The van der Waals surface area contributed by atoms with E-state index in [2.05, 4.69) is 10.6 Å². The Balaban J connectivity index is 1.47. The molecule has 2 atom stereocenters. The van der Waals surface area contributed by atoms with Crippen molar-refractivity contribution in [2.24, 2.45) is 0 Å². The first-order valence-electron chi connectivity index (χ1n) is 9.16. The van der Waals surface area contributed by atoms with Crippen LogP contribution in [0.4, 0.5) is 4.79 Å². The van der Waals surface area contributed by atoms with Crippen LogP contribution in [0.3, 0.4) is 0 Å². The van der Waals surface area contributed by atoms with Gasteiger partial charge in [-0.05, 0) is 55.3 Å². The third-order valence-electron chi connectivity index (χ3n) is 5.39. The number of nitrogens with one attached hydrogen (secondary N) is 2. The van der Waals surface area contributed by atoms with Gasteiger partial charge in [0.05, 0.1) is 6.04 Å². The molecule has 2 N–H and O–H groups in total. The van der Waals surface area contributed by atoms with Crippen LogP contribution in [0.1, 0.15) is 41.8 Å². The van der Waals surface area contributed by atoms with E-state index in [0.717, 1.165) is 33.7 Å². The first-order chi connectivity index (χ1) is 13.4. The Hall–Kier alpha value is -2.38. The Morgan fingerprint density at radius 1 is 1.32 bits per heavy atom. The van der Waals surface area contributed by atoms with Gasteiger partial charge in [0.1, 0.15) is 12.1 Å². The molecule has 1 aliphatic carbocycles. The molecule has 0 radical (unpaired) electrons. The van der Waals surface area contributed by atoms with E-state index in [1.807, 2.05) is 30.5 Å². The van der Waals surface area contributed by atoms with Crippen LogP contribution in [-0.4, -0.2) is 29.3 Å². The van der Waals surface area contributed by atoms with Gasteiger partial charge in [0.25, 0.3) is 5.91 Å². The fourth-order valence-corrected chi connectivity index (χ4v) is 5.08. The summed E-state index contributed by atoms with van der Waals surface area (Å²) in [5, 5.41) is 8.26. The van der Waals surface area contributed by atoms with Crippen molar-refractivity contribution < 1.29 is 14.4 Å². The molecule has 1 spiro atoms. The largest absolute Gasteiger partial charge is 0.348 e.